The number of hydrogen-bond donors (Lipinski definition) is 1. The summed E-state index contributed by atoms with van der Waals surface area (Å²) in [5, 5.41) is 7.34. The Balaban J connectivity index is 1.88. The summed E-state index contributed by atoms with van der Waals surface area (Å²) in [5.41, 5.74) is 1.67. The molecule has 0 fully saturated rings. The Hall–Kier alpha value is -1.59. The van der Waals surface area contributed by atoms with Gasteiger partial charge in [-0.25, -0.2) is 0 Å². The number of amides is 1. The molecule has 1 atom stereocenters. The maximum Gasteiger partial charge on any atom is 0.264 e. The zero-order valence-electron chi connectivity index (χ0n) is 10.6. The lowest BCUT2D eigenvalue weighted by Crippen LogP contribution is -2.36. The van der Waals surface area contributed by atoms with Gasteiger partial charge in [-0.1, -0.05) is 28.9 Å². The first-order chi connectivity index (χ1) is 9.20. The third kappa shape index (κ3) is 3.68. The molecule has 0 unspecified atom stereocenters. The molecule has 6 heteroatoms. The second-order valence-electron chi connectivity index (χ2n) is 4.13. The summed E-state index contributed by atoms with van der Waals surface area (Å²) in [4.78, 5) is 16.9. The summed E-state index contributed by atoms with van der Waals surface area (Å²) in [5.74, 6) is -0.176. The van der Waals surface area contributed by atoms with E-state index in [1.807, 2.05) is 12.1 Å². The molecule has 0 aromatic heterocycles. The van der Waals surface area contributed by atoms with Crippen LogP contribution in [-0.2, 0) is 14.4 Å². The largest absolute Gasteiger partial charge is 0.383 e. The van der Waals surface area contributed by atoms with E-state index in [4.69, 9.17) is 21.2 Å². The lowest BCUT2D eigenvalue weighted by atomic mass is 10.0. The number of carbonyl (C=O) groups is 1. The van der Waals surface area contributed by atoms with Gasteiger partial charge in [0.05, 0.1) is 12.3 Å². The maximum absolute atomic E-state index is 11.8. The highest BCUT2D eigenvalue weighted by Crippen LogP contribution is 2.18. The number of benzene rings is 1. The van der Waals surface area contributed by atoms with Crippen LogP contribution >= 0.6 is 11.6 Å². The minimum absolute atomic E-state index is 0.176. The quantitative estimate of drug-likeness (QED) is 0.835. The Kier molecular flexibility index (Phi) is 4.76. The van der Waals surface area contributed by atoms with Crippen molar-refractivity contribution in [3.8, 4) is 0 Å². The normalized spacial score (nSPS) is 17.8. The molecule has 1 aliphatic heterocycles. The molecule has 1 aromatic rings. The van der Waals surface area contributed by atoms with E-state index in [1.54, 1.807) is 19.2 Å². The number of halogens is 1. The van der Waals surface area contributed by atoms with Crippen molar-refractivity contribution < 1.29 is 14.4 Å². The van der Waals surface area contributed by atoms with Gasteiger partial charge in [-0.2, -0.15) is 0 Å². The number of hydrogen-bond acceptors (Lipinski definition) is 4. The first-order valence-corrected chi connectivity index (χ1v) is 6.34. The van der Waals surface area contributed by atoms with Gasteiger partial charge in [-0.05, 0) is 17.7 Å². The van der Waals surface area contributed by atoms with Crippen molar-refractivity contribution in [1.29, 1.82) is 0 Å². The van der Waals surface area contributed by atoms with Crippen molar-refractivity contribution in [3.63, 3.8) is 0 Å². The average Bonchev–Trinajstić information content (AvgIpc) is 2.89. The lowest BCUT2D eigenvalue weighted by Gasteiger charge is -2.08. The van der Waals surface area contributed by atoms with Crippen LogP contribution < -0.4 is 5.32 Å². The fourth-order valence-corrected chi connectivity index (χ4v) is 1.85. The molecule has 0 saturated heterocycles. The van der Waals surface area contributed by atoms with Crippen LogP contribution in [0.25, 0.3) is 0 Å². The van der Waals surface area contributed by atoms with Crippen LogP contribution in [0.5, 0.6) is 0 Å². The summed E-state index contributed by atoms with van der Waals surface area (Å²) in [7, 11) is 1.58. The van der Waals surface area contributed by atoms with Gasteiger partial charge in [0, 0.05) is 25.1 Å². The Morgan fingerprint density at radius 1 is 1.53 bits per heavy atom. The Bertz CT molecular complexity index is 473. The van der Waals surface area contributed by atoms with Crippen molar-refractivity contribution in [1.82, 2.24) is 5.32 Å². The molecule has 1 aromatic carbocycles. The molecule has 0 spiro atoms. The van der Waals surface area contributed by atoms with E-state index >= 15 is 0 Å². The standard InChI is InChI=1S/C13H15ClN2O3/c1-18-7-6-15-13(17)12-8-11(16-19-12)9-2-4-10(14)5-3-9/h2-5,12H,6-8H2,1H3,(H,15,17)/t12-/m0/s1. The predicted molar refractivity (Wildman–Crippen MR) is 72.4 cm³/mol. The summed E-state index contributed by atoms with van der Waals surface area (Å²) < 4.78 is 4.86. The molecular formula is C13H15ClN2O3. The average molecular weight is 283 g/mol. The van der Waals surface area contributed by atoms with Crippen LogP contribution in [0.4, 0.5) is 0 Å². The number of methoxy groups -OCH3 is 1. The molecule has 0 bridgehead atoms. The van der Waals surface area contributed by atoms with Crippen LogP contribution in [0.15, 0.2) is 29.4 Å². The van der Waals surface area contributed by atoms with Crippen molar-refractivity contribution in [2.24, 2.45) is 5.16 Å². The number of oxime groups is 1. The molecule has 1 N–H and O–H groups in total. The van der Waals surface area contributed by atoms with Crippen LogP contribution in [0.1, 0.15) is 12.0 Å². The van der Waals surface area contributed by atoms with Crippen molar-refractivity contribution in [2.45, 2.75) is 12.5 Å². The predicted octanol–water partition coefficient (Wildman–Crippen LogP) is 1.60. The highest BCUT2D eigenvalue weighted by molar-refractivity contribution is 6.30. The summed E-state index contributed by atoms with van der Waals surface area (Å²) >= 11 is 5.82. The summed E-state index contributed by atoms with van der Waals surface area (Å²) in [6, 6.07) is 7.28. The molecule has 19 heavy (non-hydrogen) atoms. The van der Waals surface area contributed by atoms with Crippen molar-refractivity contribution in [2.75, 3.05) is 20.3 Å². The molecule has 0 aliphatic carbocycles. The summed E-state index contributed by atoms with van der Waals surface area (Å²) in [6.07, 6.45) is -0.108. The number of nitrogens with one attached hydrogen (secondary N) is 1. The molecule has 102 valence electrons. The highest BCUT2D eigenvalue weighted by Gasteiger charge is 2.28. The van der Waals surface area contributed by atoms with Gasteiger partial charge >= 0.3 is 0 Å². The number of ether oxygens (including phenoxy) is 1. The van der Waals surface area contributed by atoms with Crippen LogP contribution in [0.2, 0.25) is 5.02 Å². The molecule has 2 rings (SSSR count). The van der Waals surface area contributed by atoms with Crippen LogP contribution in [0, 0.1) is 0 Å². The summed E-state index contributed by atoms with van der Waals surface area (Å²) in [6.45, 7) is 0.939. The van der Waals surface area contributed by atoms with Crippen molar-refractivity contribution >= 4 is 23.2 Å². The van der Waals surface area contributed by atoms with Gasteiger partial charge in [-0.15, -0.1) is 0 Å². The third-order valence-electron chi connectivity index (χ3n) is 2.74. The van der Waals surface area contributed by atoms with Gasteiger partial charge in [0.25, 0.3) is 5.91 Å². The van der Waals surface area contributed by atoms with E-state index < -0.39 is 6.10 Å². The number of rotatable bonds is 5. The van der Waals surface area contributed by atoms with E-state index in [1.165, 1.54) is 0 Å². The van der Waals surface area contributed by atoms with E-state index in [9.17, 15) is 4.79 Å². The van der Waals surface area contributed by atoms with E-state index in [2.05, 4.69) is 10.5 Å². The number of carbonyl (C=O) groups excluding carboxylic acids is 1. The smallest absolute Gasteiger partial charge is 0.264 e. The molecule has 1 amide bonds. The Morgan fingerprint density at radius 3 is 2.95 bits per heavy atom. The Morgan fingerprint density at radius 2 is 2.26 bits per heavy atom. The molecule has 0 radical (unpaired) electrons. The number of nitrogens with zero attached hydrogens (tertiary/aromatic N) is 1. The van der Waals surface area contributed by atoms with Crippen LogP contribution in [0.3, 0.4) is 0 Å². The maximum atomic E-state index is 11.8. The van der Waals surface area contributed by atoms with E-state index in [0.29, 0.717) is 24.6 Å². The fraction of sp³-hybridized carbons (Fsp3) is 0.385. The molecule has 1 aliphatic rings. The van der Waals surface area contributed by atoms with Crippen LogP contribution in [-0.4, -0.2) is 38.0 Å². The van der Waals surface area contributed by atoms with Crippen molar-refractivity contribution in [3.05, 3.63) is 34.9 Å². The molecular weight excluding hydrogens is 268 g/mol. The zero-order valence-corrected chi connectivity index (χ0v) is 11.3. The molecule has 1 heterocycles. The van der Waals surface area contributed by atoms with E-state index in [-0.39, 0.29) is 5.91 Å². The monoisotopic (exact) mass is 282 g/mol. The second-order valence-corrected chi connectivity index (χ2v) is 4.56. The third-order valence-corrected chi connectivity index (χ3v) is 3.00. The Labute approximate surface area is 116 Å². The van der Waals surface area contributed by atoms with E-state index in [0.717, 1.165) is 11.3 Å². The first-order valence-electron chi connectivity index (χ1n) is 5.96. The SMILES string of the molecule is COCCNC(=O)[C@@H]1CC(c2ccc(Cl)cc2)=NO1. The molecule has 5 nitrogen and oxygen atoms in total. The van der Waals surface area contributed by atoms with Gasteiger partial charge in [-0.3, -0.25) is 4.79 Å². The minimum Gasteiger partial charge on any atom is -0.383 e. The van der Waals surface area contributed by atoms with Gasteiger partial charge in [0.2, 0.25) is 6.10 Å². The second kappa shape index (κ2) is 6.54. The lowest BCUT2D eigenvalue weighted by molar-refractivity contribution is -0.131. The zero-order chi connectivity index (χ0) is 13.7. The van der Waals surface area contributed by atoms with Gasteiger partial charge in [0.1, 0.15) is 0 Å². The molecule has 0 saturated carbocycles. The minimum atomic E-state index is -0.567. The van der Waals surface area contributed by atoms with Gasteiger partial charge in [0.15, 0.2) is 0 Å². The first kappa shape index (κ1) is 13.8. The highest BCUT2D eigenvalue weighted by atomic mass is 35.5. The van der Waals surface area contributed by atoms with Gasteiger partial charge < -0.3 is 14.9 Å². The fourth-order valence-electron chi connectivity index (χ4n) is 1.72. The topological polar surface area (TPSA) is 59.9 Å².